The van der Waals surface area contributed by atoms with E-state index in [1.54, 1.807) is 7.11 Å². The van der Waals surface area contributed by atoms with Crippen molar-refractivity contribution in [2.24, 2.45) is 5.92 Å². The van der Waals surface area contributed by atoms with Crippen LogP contribution in [0.1, 0.15) is 19.3 Å². The van der Waals surface area contributed by atoms with Crippen LogP contribution in [0.25, 0.3) is 0 Å². The third-order valence-corrected chi connectivity index (χ3v) is 3.30. The molecule has 0 aromatic carbocycles. The van der Waals surface area contributed by atoms with E-state index in [9.17, 15) is 4.79 Å². The van der Waals surface area contributed by atoms with Crippen LogP contribution in [0.15, 0.2) is 0 Å². The summed E-state index contributed by atoms with van der Waals surface area (Å²) >= 11 is 0. The van der Waals surface area contributed by atoms with Gasteiger partial charge >= 0.3 is 6.09 Å². The number of ether oxygens (including phenoxy) is 3. The first-order chi connectivity index (χ1) is 8.24. The molecule has 2 rings (SSSR count). The number of aliphatic hydroxyl groups is 1. The van der Waals surface area contributed by atoms with Crippen molar-refractivity contribution >= 4 is 6.09 Å². The number of hydrogen-bond acceptors (Lipinski definition) is 5. The summed E-state index contributed by atoms with van der Waals surface area (Å²) < 4.78 is 15.2. The second-order valence-electron chi connectivity index (χ2n) is 4.56. The summed E-state index contributed by atoms with van der Waals surface area (Å²) in [6.45, 7) is 0.210. The predicted molar refractivity (Wildman–Crippen MR) is 58.4 cm³/mol. The summed E-state index contributed by atoms with van der Waals surface area (Å²) in [4.78, 5) is 11.0. The van der Waals surface area contributed by atoms with Gasteiger partial charge in [-0.1, -0.05) is 0 Å². The first kappa shape index (κ1) is 12.6. The highest BCUT2D eigenvalue weighted by Gasteiger charge is 2.40. The number of amides is 1. The van der Waals surface area contributed by atoms with E-state index in [4.69, 9.17) is 19.3 Å². The van der Waals surface area contributed by atoms with Gasteiger partial charge < -0.3 is 24.6 Å². The van der Waals surface area contributed by atoms with Crippen molar-refractivity contribution in [1.82, 2.24) is 5.32 Å². The Bertz CT molecular complexity index is 273. The maximum atomic E-state index is 11.0. The Morgan fingerprint density at radius 1 is 1.53 bits per heavy atom. The van der Waals surface area contributed by atoms with Gasteiger partial charge in [-0.15, -0.1) is 0 Å². The molecule has 0 radical (unpaired) electrons. The second kappa shape index (κ2) is 5.66. The highest BCUT2D eigenvalue weighted by atomic mass is 16.7. The minimum atomic E-state index is -0.433. The van der Waals surface area contributed by atoms with Crippen LogP contribution >= 0.6 is 0 Å². The lowest BCUT2D eigenvalue weighted by Crippen LogP contribution is -2.33. The monoisotopic (exact) mass is 245 g/mol. The summed E-state index contributed by atoms with van der Waals surface area (Å²) in [5, 5.41) is 11.8. The van der Waals surface area contributed by atoms with Crippen molar-refractivity contribution in [3.8, 4) is 0 Å². The Morgan fingerprint density at radius 3 is 3.06 bits per heavy atom. The van der Waals surface area contributed by atoms with E-state index < -0.39 is 12.2 Å². The normalized spacial score (nSPS) is 35.5. The Labute approximate surface area is 100 Å². The number of cyclic esters (lactones) is 1. The van der Waals surface area contributed by atoms with Gasteiger partial charge in [0.1, 0.15) is 12.9 Å². The molecule has 0 aromatic rings. The van der Waals surface area contributed by atoms with E-state index in [1.165, 1.54) is 0 Å². The summed E-state index contributed by atoms with van der Waals surface area (Å²) in [6, 6.07) is -0.0730. The summed E-state index contributed by atoms with van der Waals surface area (Å²) in [5.74, 6) is 0.544. The number of hydrogen-bond donors (Lipinski definition) is 2. The average Bonchev–Trinajstić information content (AvgIpc) is 2.98. The first-order valence-corrected chi connectivity index (χ1v) is 5.93. The standard InChI is InChI=1S/C11H19NO5/c1-15-6-16-9-4-7(9)2-3-8-10(5-13)17-11(14)12-8/h7-10,13H,2-6H2,1H3,(H,12,14). The Balaban J connectivity index is 1.64. The van der Waals surface area contributed by atoms with Crippen LogP contribution in [-0.4, -0.2) is 50.0 Å². The van der Waals surface area contributed by atoms with Crippen LogP contribution in [0, 0.1) is 5.92 Å². The first-order valence-electron chi connectivity index (χ1n) is 5.93. The molecule has 2 aliphatic rings. The molecule has 4 unspecified atom stereocenters. The molecule has 6 heteroatoms. The van der Waals surface area contributed by atoms with Gasteiger partial charge in [-0.2, -0.15) is 0 Å². The van der Waals surface area contributed by atoms with E-state index in [0.717, 1.165) is 19.3 Å². The van der Waals surface area contributed by atoms with Crippen LogP contribution in [0.3, 0.4) is 0 Å². The molecule has 0 aromatic heterocycles. The lowest BCUT2D eigenvalue weighted by atomic mass is 10.0. The van der Waals surface area contributed by atoms with Crippen molar-refractivity contribution in [2.45, 2.75) is 37.5 Å². The zero-order valence-electron chi connectivity index (χ0n) is 9.93. The summed E-state index contributed by atoms with van der Waals surface area (Å²) in [5.41, 5.74) is 0. The molecule has 1 saturated heterocycles. The SMILES string of the molecule is COCOC1CC1CCC1NC(=O)OC1CO. The molecule has 2 N–H and O–H groups in total. The molecule has 17 heavy (non-hydrogen) atoms. The molecular weight excluding hydrogens is 226 g/mol. The van der Waals surface area contributed by atoms with Crippen molar-refractivity contribution in [1.29, 1.82) is 0 Å². The third-order valence-electron chi connectivity index (χ3n) is 3.30. The number of alkyl carbamates (subject to hydrolysis) is 1. The average molecular weight is 245 g/mol. The van der Waals surface area contributed by atoms with Gasteiger partial charge in [0.15, 0.2) is 0 Å². The van der Waals surface area contributed by atoms with E-state index in [2.05, 4.69) is 5.32 Å². The predicted octanol–water partition coefficient (Wildman–Crippen LogP) is 0.245. The number of aliphatic hydroxyl groups excluding tert-OH is 1. The van der Waals surface area contributed by atoms with Gasteiger partial charge in [0.2, 0.25) is 0 Å². The number of rotatable bonds is 7. The van der Waals surface area contributed by atoms with Crippen LogP contribution in [0.5, 0.6) is 0 Å². The maximum absolute atomic E-state index is 11.0. The van der Waals surface area contributed by atoms with Gasteiger partial charge in [-0.25, -0.2) is 4.79 Å². The van der Waals surface area contributed by atoms with Crippen LogP contribution in [0.4, 0.5) is 4.79 Å². The van der Waals surface area contributed by atoms with Crippen LogP contribution in [-0.2, 0) is 14.2 Å². The van der Waals surface area contributed by atoms with Crippen molar-refractivity contribution in [3.63, 3.8) is 0 Å². The van der Waals surface area contributed by atoms with Crippen molar-refractivity contribution < 1.29 is 24.1 Å². The Kier molecular flexibility index (Phi) is 4.20. The van der Waals surface area contributed by atoms with Crippen LogP contribution < -0.4 is 5.32 Å². The number of carbonyl (C=O) groups is 1. The van der Waals surface area contributed by atoms with Crippen LogP contribution in [0.2, 0.25) is 0 Å². The largest absolute Gasteiger partial charge is 0.442 e. The number of carbonyl (C=O) groups excluding carboxylic acids is 1. The maximum Gasteiger partial charge on any atom is 0.407 e. The summed E-state index contributed by atoms with van der Waals surface area (Å²) in [7, 11) is 1.61. The van der Waals surface area contributed by atoms with Gasteiger partial charge in [0, 0.05) is 7.11 Å². The fraction of sp³-hybridized carbons (Fsp3) is 0.909. The van der Waals surface area contributed by atoms with Gasteiger partial charge in [0.25, 0.3) is 0 Å². The highest BCUT2D eigenvalue weighted by Crippen LogP contribution is 2.38. The number of methoxy groups -OCH3 is 1. The fourth-order valence-corrected chi connectivity index (χ4v) is 2.20. The zero-order chi connectivity index (χ0) is 12.3. The van der Waals surface area contributed by atoms with Gasteiger partial charge in [-0.05, 0) is 25.2 Å². The molecule has 1 aliphatic carbocycles. The van der Waals surface area contributed by atoms with E-state index in [0.29, 0.717) is 18.8 Å². The quantitative estimate of drug-likeness (QED) is 0.628. The summed E-state index contributed by atoms with van der Waals surface area (Å²) in [6.07, 6.45) is 2.29. The second-order valence-corrected chi connectivity index (χ2v) is 4.56. The molecule has 1 saturated carbocycles. The molecule has 1 amide bonds. The molecular formula is C11H19NO5. The smallest absolute Gasteiger partial charge is 0.407 e. The van der Waals surface area contributed by atoms with E-state index >= 15 is 0 Å². The topological polar surface area (TPSA) is 77.0 Å². The molecule has 6 nitrogen and oxygen atoms in total. The lowest BCUT2D eigenvalue weighted by molar-refractivity contribution is -0.0441. The molecule has 98 valence electrons. The lowest BCUT2D eigenvalue weighted by Gasteiger charge is -2.13. The Morgan fingerprint density at radius 2 is 2.35 bits per heavy atom. The van der Waals surface area contributed by atoms with Gasteiger partial charge in [0.05, 0.1) is 18.8 Å². The minimum Gasteiger partial charge on any atom is -0.442 e. The van der Waals surface area contributed by atoms with E-state index in [1.807, 2.05) is 0 Å². The van der Waals surface area contributed by atoms with Crippen molar-refractivity contribution in [3.05, 3.63) is 0 Å². The minimum absolute atomic E-state index is 0.0730. The molecule has 2 fully saturated rings. The molecule has 1 heterocycles. The zero-order valence-corrected chi connectivity index (χ0v) is 9.93. The van der Waals surface area contributed by atoms with Gasteiger partial charge in [-0.3, -0.25) is 0 Å². The Hall–Kier alpha value is -0.850. The van der Waals surface area contributed by atoms with E-state index in [-0.39, 0.29) is 12.6 Å². The molecule has 0 spiro atoms. The van der Waals surface area contributed by atoms with Crippen molar-refractivity contribution in [2.75, 3.05) is 20.5 Å². The highest BCUT2D eigenvalue weighted by molar-refractivity contribution is 5.70. The molecule has 4 atom stereocenters. The number of nitrogens with one attached hydrogen (secondary N) is 1. The molecule has 1 aliphatic heterocycles. The fourth-order valence-electron chi connectivity index (χ4n) is 2.20. The third kappa shape index (κ3) is 3.31. The molecule has 0 bridgehead atoms.